The van der Waals surface area contributed by atoms with Gasteiger partial charge in [-0.3, -0.25) is 4.90 Å². The van der Waals surface area contributed by atoms with E-state index in [0.29, 0.717) is 43.6 Å². The fraction of sp³-hybridized carbons (Fsp3) is 0.400. The summed E-state index contributed by atoms with van der Waals surface area (Å²) in [7, 11) is 0. The van der Waals surface area contributed by atoms with Gasteiger partial charge in [-0.2, -0.15) is 0 Å². The van der Waals surface area contributed by atoms with Crippen LogP contribution in [0.3, 0.4) is 0 Å². The molecule has 0 bridgehead atoms. The molecule has 0 aliphatic carbocycles. The van der Waals surface area contributed by atoms with E-state index in [9.17, 15) is 9.18 Å². The van der Waals surface area contributed by atoms with Crippen molar-refractivity contribution in [1.82, 2.24) is 9.88 Å². The van der Waals surface area contributed by atoms with Crippen LogP contribution in [0.15, 0.2) is 36.5 Å². The molecule has 1 saturated heterocycles. The zero-order valence-electron chi connectivity index (χ0n) is 15.6. The first kappa shape index (κ1) is 18.8. The Balaban J connectivity index is 1.49. The topological polar surface area (TPSA) is 48.9 Å². The lowest BCUT2D eigenvalue weighted by molar-refractivity contribution is 0.187. The Hall–Kier alpha value is -2.54. The molecule has 0 spiro atoms. The molecule has 1 aromatic heterocycles. The Morgan fingerprint density at radius 1 is 1.25 bits per heavy atom. The van der Waals surface area contributed by atoms with Gasteiger partial charge < -0.3 is 14.5 Å². The maximum atomic E-state index is 13.3. The summed E-state index contributed by atoms with van der Waals surface area (Å²) in [5.74, 6) is 1.01. The van der Waals surface area contributed by atoms with Gasteiger partial charge in [0.25, 0.3) is 0 Å². The van der Waals surface area contributed by atoms with Crippen LogP contribution in [0.1, 0.15) is 13.3 Å². The average molecular weight is 405 g/mol. The molecule has 1 unspecified atom stereocenters. The summed E-state index contributed by atoms with van der Waals surface area (Å²) in [6.07, 6.45) is 2.02. The minimum Gasteiger partial charge on any atom is -0.489 e. The Bertz CT molecular complexity index is 856. The summed E-state index contributed by atoms with van der Waals surface area (Å²) in [6, 6.07) is 8.41. The maximum absolute atomic E-state index is 13.3. The van der Waals surface area contributed by atoms with Crippen molar-refractivity contribution in [3.05, 3.63) is 47.4 Å². The second-order valence-electron chi connectivity index (χ2n) is 6.95. The largest absolute Gasteiger partial charge is 0.489 e. The highest BCUT2D eigenvalue weighted by atomic mass is 35.5. The van der Waals surface area contributed by atoms with Gasteiger partial charge in [-0.25, -0.2) is 14.2 Å². The highest BCUT2D eigenvalue weighted by Crippen LogP contribution is 2.37. The predicted octanol–water partition coefficient (Wildman–Crippen LogP) is 3.79. The number of carbonyl (C=O) groups excluding carboxylic acids is 1. The third-order valence-corrected chi connectivity index (χ3v) is 5.48. The first-order chi connectivity index (χ1) is 13.6. The quantitative estimate of drug-likeness (QED) is 0.764. The Morgan fingerprint density at radius 2 is 2.04 bits per heavy atom. The van der Waals surface area contributed by atoms with Crippen LogP contribution in [0.25, 0.3) is 0 Å². The number of nitrogens with zero attached hydrogens (tertiary/aromatic N) is 4. The molecule has 0 saturated carbocycles. The van der Waals surface area contributed by atoms with Gasteiger partial charge >= 0.3 is 6.03 Å². The van der Waals surface area contributed by atoms with Crippen molar-refractivity contribution >= 4 is 29.1 Å². The Labute approximate surface area is 168 Å². The highest BCUT2D eigenvalue weighted by Gasteiger charge is 2.35. The molecule has 2 aliphatic heterocycles. The lowest BCUT2D eigenvalue weighted by atomic mass is 10.1. The fourth-order valence-corrected chi connectivity index (χ4v) is 3.82. The number of benzene rings is 1. The van der Waals surface area contributed by atoms with Crippen molar-refractivity contribution in [3.63, 3.8) is 0 Å². The van der Waals surface area contributed by atoms with Crippen LogP contribution in [-0.2, 0) is 0 Å². The second kappa shape index (κ2) is 7.83. The number of hydrogen-bond acceptors (Lipinski definition) is 4. The van der Waals surface area contributed by atoms with E-state index in [1.165, 1.54) is 12.3 Å². The second-order valence-corrected chi connectivity index (χ2v) is 7.38. The van der Waals surface area contributed by atoms with Gasteiger partial charge in [-0.1, -0.05) is 18.5 Å². The van der Waals surface area contributed by atoms with E-state index in [1.54, 1.807) is 18.2 Å². The Kier molecular flexibility index (Phi) is 5.26. The summed E-state index contributed by atoms with van der Waals surface area (Å²) >= 11 is 6.08. The third-order valence-electron chi connectivity index (χ3n) is 5.24. The van der Waals surface area contributed by atoms with Crippen LogP contribution in [-0.4, -0.2) is 54.7 Å². The average Bonchev–Trinajstić information content (AvgIpc) is 2.73. The number of aromatic nitrogens is 1. The summed E-state index contributed by atoms with van der Waals surface area (Å²) in [5, 5.41) is 0.585. The predicted molar refractivity (Wildman–Crippen MR) is 107 cm³/mol. The standard InChI is InChI=1S/C20H22ClFN4O2/c1-2-16-13-28-18-11-14(21)3-5-17(18)26(16)20(27)25-9-7-24(8-10-25)19-6-4-15(22)12-23-19/h3-6,11-12,16H,2,7-10,13H2,1H3. The molecule has 0 radical (unpaired) electrons. The van der Waals surface area contributed by atoms with E-state index in [4.69, 9.17) is 16.3 Å². The lowest BCUT2D eigenvalue weighted by Gasteiger charge is -2.42. The molecule has 6 nitrogen and oxygen atoms in total. The summed E-state index contributed by atoms with van der Waals surface area (Å²) in [6.45, 7) is 4.96. The smallest absolute Gasteiger partial charge is 0.325 e. The van der Waals surface area contributed by atoms with Crippen molar-refractivity contribution in [2.45, 2.75) is 19.4 Å². The molecule has 0 N–H and O–H groups in total. The van der Waals surface area contributed by atoms with Crippen molar-refractivity contribution < 1.29 is 13.9 Å². The number of urea groups is 1. The minimum absolute atomic E-state index is 0.0158. The lowest BCUT2D eigenvalue weighted by Crippen LogP contribution is -2.57. The van der Waals surface area contributed by atoms with E-state index in [2.05, 4.69) is 9.88 Å². The van der Waals surface area contributed by atoms with Crippen LogP contribution in [0.5, 0.6) is 5.75 Å². The van der Waals surface area contributed by atoms with E-state index in [0.717, 1.165) is 17.9 Å². The molecule has 1 aromatic carbocycles. The van der Waals surface area contributed by atoms with Gasteiger partial charge in [-0.15, -0.1) is 0 Å². The van der Waals surface area contributed by atoms with Crippen LogP contribution in [0, 0.1) is 5.82 Å². The number of pyridine rings is 1. The number of amides is 2. The first-order valence-electron chi connectivity index (χ1n) is 9.44. The van der Waals surface area contributed by atoms with Crippen molar-refractivity contribution in [2.24, 2.45) is 0 Å². The summed E-state index contributed by atoms with van der Waals surface area (Å²) in [5.41, 5.74) is 0.759. The van der Waals surface area contributed by atoms with Gasteiger partial charge in [-0.05, 0) is 30.7 Å². The van der Waals surface area contributed by atoms with Gasteiger partial charge in [0.15, 0.2) is 0 Å². The molecule has 3 heterocycles. The number of carbonyl (C=O) groups is 1. The van der Waals surface area contributed by atoms with Crippen LogP contribution in [0.2, 0.25) is 5.02 Å². The maximum Gasteiger partial charge on any atom is 0.325 e. The molecule has 28 heavy (non-hydrogen) atoms. The van der Waals surface area contributed by atoms with E-state index in [1.807, 2.05) is 22.8 Å². The van der Waals surface area contributed by atoms with Crippen molar-refractivity contribution in [3.8, 4) is 5.75 Å². The summed E-state index contributed by atoms with van der Waals surface area (Å²) < 4.78 is 18.9. The number of piperazine rings is 1. The molecule has 1 atom stereocenters. The molecule has 4 rings (SSSR count). The molecule has 8 heteroatoms. The van der Waals surface area contributed by atoms with Gasteiger partial charge in [0.2, 0.25) is 0 Å². The molecule has 2 aliphatic rings. The van der Waals surface area contributed by atoms with Crippen LogP contribution >= 0.6 is 11.6 Å². The van der Waals surface area contributed by atoms with E-state index < -0.39 is 0 Å². The minimum atomic E-state index is -0.353. The van der Waals surface area contributed by atoms with E-state index >= 15 is 0 Å². The number of halogens is 2. The Morgan fingerprint density at radius 3 is 2.71 bits per heavy atom. The number of anilines is 2. The molecular formula is C20H22ClFN4O2. The molecule has 1 fully saturated rings. The fourth-order valence-electron chi connectivity index (χ4n) is 3.65. The van der Waals surface area contributed by atoms with E-state index in [-0.39, 0.29) is 17.9 Å². The number of ether oxygens (including phenoxy) is 1. The zero-order valence-corrected chi connectivity index (χ0v) is 16.4. The zero-order chi connectivity index (χ0) is 19.7. The normalized spacial score (nSPS) is 19.2. The third kappa shape index (κ3) is 3.58. The number of rotatable bonds is 2. The SMILES string of the molecule is CCC1COc2cc(Cl)ccc2N1C(=O)N1CCN(c2ccc(F)cn2)CC1. The van der Waals surface area contributed by atoms with Crippen LogP contribution in [0.4, 0.5) is 20.7 Å². The van der Waals surface area contributed by atoms with Crippen LogP contribution < -0.4 is 14.5 Å². The molecule has 2 amide bonds. The molecule has 2 aromatic rings. The van der Waals surface area contributed by atoms with Gasteiger partial charge in [0, 0.05) is 37.3 Å². The molecular weight excluding hydrogens is 383 g/mol. The molecule has 148 valence electrons. The van der Waals surface area contributed by atoms with Gasteiger partial charge in [0.1, 0.15) is 24.0 Å². The monoisotopic (exact) mass is 404 g/mol. The van der Waals surface area contributed by atoms with Crippen molar-refractivity contribution in [1.29, 1.82) is 0 Å². The summed E-state index contributed by atoms with van der Waals surface area (Å²) in [4.78, 5) is 23.2. The first-order valence-corrected chi connectivity index (χ1v) is 9.81. The highest BCUT2D eigenvalue weighted by molar-refractivity contribution is 6.30. The number of fused-ring (bicyclic) bond motifs is 1. The van der Waals surface area contributed by atoms with Crippen molar-refractivity contribution in [2.75, 3.05) is 42.6 Å². The van der Waals surface area contributed by atoms with Gasteiger partial charge in [0.05, 0.1) is 17.9 Å². The number of hydrogen-bond donors (Lipinski definition) is 0.